The zero-order valence-corrected chi connectivity index (χ0v) is 11.7. The predicted octanol–water partition coefficient (Wildman–Crippen LogP) is 2.66. The van der Waals surface area contributed by atoms with Crippen LogP contribution in [0.3, 0.4) is 0 Å². The molecule has 4 nitrogen and oxygen atoms in total. The quantitative estimate of drug-likeness (QED) is 0.822. The van der Waals surface area contributed by atoms with Gasteiger partial charge in [0.2, 0.25) is 0 Å². The molecule has 1 aromatic carbocycles. The van der Waals surface area contributed by atoms with Crippen molar-refractivity contribution in [2.24, 2.45) is 5.41 Å². The Morgan fingerprint density at radius 2 is 2.15 bits per heavy atom. The summed E-state index contributed by atoms with van der Waals surface area (Å²) in [5.41, 5.74) is 9.19. The number of nitrogens with two attached hydrogens (primary N) is 1. The first-order valence-corrected chi connectivity index (χ1v) is 7.57. The van der Waals surface area contributed by atoms with Gasteiger partial charge in [-0.15, -0.1) is 0 Å². The van der Waals surface area contributed by atoms with Crippen LogP contribution in [0.4, 0.5) is 5.69 Å². The summed E-state index contributed by atoms with van der Waals surface area (Å²) < 4.78 is 2.40. The number of hydrogen-bond donors (Lipinski definition) is 2. The summed E-state index contributed by atoms with van der Waals surface area (Å²) in [4.78, 5) is 4.83. The molecule has 1 heterocycles. The minimum absolute atomic E-state index is 0.290. The number of nitrogens with zero attached hydrogens (tertiary/aromatic N) is 2. The molecule has 0 spiro atoms. The van der Waals surface area contributed by atoms with E-state index in [1.54, 1.807) is 0 Å². The lowest BCUT2D eigenvalue weighted by molar-refractivity contribution is 0.236. The SMILES string of the molecule is Nc1ccc2c(c1)nc(C1CC1)n2CC1(CCO)CC1. The number of fused-ring (bicyclic) bond motifs is 1. The molecule has 1 aromatic heterocycles. The second-order valence-electron chi connectivity index (χ2n) is 6.55. The van der Waals surface area contributed by atoms with Gasteiger partial charge in [0.25, 0.3) is 0 Å². The van der Waals surface area contributed by atoms with E-state index < -0.39 is 0 Å². The summed E-state index contributed by atoms with van der Waals surface area (Å²) in [7, 11) is 0. The number of aliphatic hydroxyl groups excluding tert-OH is 1. The van der Waals surface area contributed by atoms with E-state index in [0.717, 1.165) is 24.2 Å². The molecule has 4 rings (SSSR count). The lowest BCUT2D eigenvalue weighted by Crippen LogP contribution is -2.15. The topological polar surface area (TPSA) is 64.1 Å². The van der Waals surface area contributed by atoms with Crippen LogP contribution in [0.15, 0.2) is 18.2 Å². The van der Waals surface area contributed by atoms with Crippen molar-refractivity contribution in [3.05, 3.63) is 24.0 Å². The number of rotatable bonds is 5. The molecule has 0 amide bonds. The Morgan fingerprint density at radius 1 is 1.35 bits per heavy atom. The van der Waals surface area contributed by atoms with Crippen LogP contribution in [-0.4, -0.2) is 21.3 Å². The van der Waals surface area contributed by atoms with Crippen LogP contribution in [0, 0.1) is 5.41 Å². The molecule has 0 radical (unpaired) electrons. The van der Waals surface area contributed by atoms with Crippen LogP contribution in [0.1, 0.15) is 43.8 Å². The molecular formula is C16H21N3O. The van der Waals surface area contributed by atoms with Crippen LogP contribution >= 0.6 is 0 Å². The molecule has 106 valence electrons. The third-order valence-electron chi connectivity index (χ3n) is 4.84. The van der Waals surface area contributed by atoms with Crippen molar-refractivity contribution in [3.8, 4) is 0 Å². The maximum atomic E-state index is 9.27. The van der Waals surface area contributed by atoms with Gasteiger partial charge in [-0.2, -0.15) is 0 Å². The average Bonchev–Trinajstić information content (AvgIpc) is 3.32. The highest BCUT2D eigenvalue weighted by atomic mass is 16.3. The van der Waals surface area contributed by atoms with Crippen molar-refractivity contribution in [1.29, 1.82) is 0 Å². The van der Waals surface area contributed by atoms with E-state index in [-0.39, 0.29) is 0 Å². The van der Waals surface area contributed by atoms with Crippen LogP contribution in [0.2, 0.25) is 0 Å². The number of imidazole rings is 1. The first-order chi connectivity index (χ1) is 9.71. The molecule has 0 saturated heterocycles. The molecule has 2 saturated carbocycles. The second-order valence-corrected chi connectivity index (χ2v) is 6.55. The Hall–Kier alpha value is -1.55. The van der Waals surface area contributed by atoms with E-state index in [2.05, 4.69) is 10.6 Å². The maximum absolute atomic E-state index is 9.27. The van der Waals surface area contributed by atoms with E-state index in [1.807, 2.05) is 12.1 Å². The fourth-order valence-corrected chi connectivity index (χ4v) is 3.22. The molecule has 20 heavy (non-hydrogen) atoms. The van der Waals surface area contributed by atoms with Gasteiger partial charge in [0, 0.05) is 24.8 Å². The largest absolute Gasteiger partial charge is 0.399 e. The van der Waals surface area contributed by atoms with Gasteiger partial charge in [-0.25, -0.2) is 4.98 Å². The van der Waals surface area contributed by atoms with Gasteiger partial charge >= 0.3 is 0 Å². The Balaban J connectivity index is 1.77. The third-order valence-corrected chi connectivity index (χ3v) is 4.84. The molecule has 2 aliphatic carbocycles. The molecule has 4 heteroatoms. The number of nitrogen functional groups attached to an aromatic ring is 1. The predicted molar refractivity (Wildman–Crippen MR) is 79.5 cm³/mol. The summed E-state index contributed by atoms with van der Waals surface area (Å²) in [5, 5.41) is 9.27. The number of anilines is 1. The van der Waals surface area contributed by atoms with Gasteiger partial charge in [-0.3, -0.25) is 0 Å². The van der Waals surface area contributed by atoms with Crippen LogP contribution in [-0.2, 0) is 6.54 Å². The Bertz CT molecular complexity index is 653. The molecule has 2 aliphatic rings. The zero-order valence-electron chi connectivity index (χ0n) is 11.7. The highest BCUT2D eigenvalue weighted by Gasteiger charge is 2.43. The number of hydrogen-bond acceptors (Lipinski definition) is 3. The van der Waals surface area contributed by atoms with Crippen molar-refractivity contribution in [2.75, 3.05) is 12.3 Å². The standard InChI is InChI=1S/C16H21N3O/c17-12-3-4-14-13(9-12)18-15(11-1-2-11)19(14)10-16(5-6-16)7-8-20/h3-4,9,11,20H,1-2,5-8,10,17H2. The first kappa shape index (κ1) is 12.2. The first-order valence-electron chi connectivity index (χ1n) is 7.57. The fourth-order valence-electron chi connectivity index (χ4n) is 3.22. The number of benzene rings is 1. The highest BCUT2D eigenvalue weighted by Crippen LogP contribution is 2.51. The van der Waals surface area contributed by atoms with Gasteiger partial charge in [0.15, 0.2) is 0 Å². The minimum atomic E-state index is 0.290. The van der Waals surface area contributed by atoms with E-state index in [0.29, 0.717) is 17.9 Å². The lowest BCUT2D eigenvalue weighted by atomic mass is 10.0. The Kier molecular flexibility index (Phi) is 2.58. The van der Waals surface area contributed by atoms with Gasteiger partial charge in [-0.05, 0) is 55.7 Å². The Labute approximate surface area is 118 Å². The summed E-state index contributed by atoms with van der Waals surface area (Å²) in [6.07, 6.45) is 5.88. The Morgan fingerprint density at radius 3 is 2.80 bits per heavy atom. The monoisotopic (exact) mass is 271 g/mol. The molecule has 0 atom stereocenters. The highest BCUT2D eigenvalue weighted by molar-refractivity contribution is 5.80. The summed E-state index contributed by atoms with van der Waals surface area (Å²) in [6.45, 7) is 1.29. The molecule has 2 fully saturated rings. The third kappa shape index (κ3) is 1.99. The molecule has 0 bridgehead atoms. The van der Waals surface area contributed by atoms with Crippen molar-refractivity contribution in [2.45, 2.75) is 44.6 Å². The number of aromatic nitrogens is 2. The summed E-state index contributed by atoms with van der Waals surface area (Å²) in [6, 6.07) is 6.03. The second kappa shape index (κ2) is 4.22. The van der Waals surface area contributed by atoms with Crippen LogP contribution in [0.25, 0.3) is 11.0 Å². The van der Waals surface area contributed by atoms with Gasteiger partial charge < -0.3 is 15.4 Å². The molecular weight excluding hydrogens is 250 g/mol. The van der Waals surface area contributed by atoms with Crippen molar-refractivity contribution in [3.63, 3.8) is 0 Å². The van der Waals surface area contributed by atoms with Crippen molar-refractivity contribution >= 4 is 16.7 Å². The molecule has 0 unspecified atom stereocenters. The van der Waals surface area contributed by atoms with Crippen LogP contribution < -0.4 is 5.73 Å². The maximum Gasteiger partial charge on any atom is 0.113 e. The summed E-state index contributed by atoms with van der Waals surface area (Å²) >= 11 is 0. The normalized spacial score (nSPS) is 20.4. The minimum Gasteiger partial charge on any atom is -0.399 e. The molecule has 3 N–H and O–H groups in total. The smallest absolute Gasteiger partial charge is 0.113 e. The van der Waals surface area contributed by atoms with Crippen molar-refractivity contribution < 1.29 is 5.11 Å². The van der Waals surface area contributed by atoms with Gasteiger partial charge in [0.05, 0.1) is 11.0 Å². The average molecular weight is 271 g/mol. The van der Waals surface area contributed by atoms with E-state index in [4.69, 9.17) is 10.7 Å². The fraction of sp³-hybridized carbons (Fsp3) is 0.562. The van der Waals surface area contributed by atoms with Crippen molar-refractivity contribution in [1.82, 2.24) is 9.55 Å². The lowest BCUT2D eigenvalue weighted by Gasteiger charge is -2.17. The van der Waals surface area contributed by atoms with E-state index in [1.165, 1.54) is 37.0 Å². The summed E-state index contributed by atoms with van der Waals surface area (Å²) in [5.74, 6) is 1.86. The van der Waals surface area contributed by atoms with E-state index >= 15 is 0 Å². The molecule has 2 aromatic rings. The van der Waals surface area contributed by atoms with E-state index in [9.17, 15) is 5.11 Å². The number of aliphatic hydroxyl groups is 1. The van der Waals surface area contributed by atoms with Crippen LogP contribution in [0.5, 0.6) is 0 Å². The molecule has 0 aliphatic heterocycles. The zero-order chi connectivity index (χ0) is 13.7. The van der Waals surface area contributed by atoms with Gasteiger partial charge in [-0.1, -0.05) is 0 Å². The van der Waals surface area contributed by atoms with Gasteiger partial charge in [0.1, 0.15) is 5.82 Å².